The summed E-state index contributed by atoms with van der Waals surface area (Å²) >= 11 is 0.898. The van der Waals surface area contributed by atoms with E-state index in [2.05, 4.69) is 10.6 Å². The van der Waals surface area contributed by atoms with Crippen molar-refractivity contribution in [3.63, 3.8) is 0 Å². The first kappa shape index (κ1) is 21.7. The number of carbonyl (C=O) groups excluding carboxylic acids is 3. The molecule has 0 atom stereocenters. The van der Waals surface area contributed by atoms with Crippen LogP contribution in [0.2, 0.25) is 0 Å². The molecule has 2 amide bonds. The summed E-state index contributed by atoms with van der Waals surface area (Å²) in [5.41, 5.74) is 6.93. The van der Waals surface area contributed by atoms with Crippen LogP contribution in [0.5, 0.6) is 0 Å². The smallest absolute Gasteiger partial charge is 0.348 e. The van der Waals surface area contributed by atoms with Crippen molar-refractivity contribution in [1.29, 1.82) is 5.26 Å². The van der Waals surface area contributed by atoms with Crippen LogP contribution in [0.25, 0.3) is 0 Å². The molecular weight excluding hydrogens is 396 g/mol. The van der Waals surface area contributed by atoms with Gasteiger partial charge in [-0.1, -0.05) is 30.3 Å². The minimum Gasteiger partial charge on any atom is -0.462 e. The third-order valence-corrected chi connectivity index (χ3v) is 4.71. The Morgan fingerprint density at radius 1 is 1.17 bits per heavy atom. The van der Waals surface area contributed by atoms with Crippen LogP contribution < -0.4 is 16.4 Å². The molecule has 0 fully saturated rings. The molecule has 0 saturated carbocycles. The minimum absolute atomic E-state index is 0.0689. The van der Waals surface area contributed by atoms with E-state index in [9.17, 15) is 19.6 Å². The quantitative estimate of drug-likeness (QED) is 0.558. The standard InChI is InChI=1S/C19H20N4O5S/c1-2-27-18(25)16-14(13(8-20)17(21)29-16)11-28-15(24)10-23-19(26)22-9-12-6-4-3-5-7-12/h3-7H,2,9-11,21H2,1H3,(H2,22,23,26). The summed E-state index contributed by atoms with van der Waals surface area (Å²) in [4.78, 5) is 35.8. The molecule has 2 rings (SSSR count). The first-order valence-corrected chi connectivity index (χ1v) is 9.47. The van der Waals surface area contributed by atoms with Crippen LogP contribution in [0.3, 0.4) is 0 Å². The van der Waals surface area contributed by atoms with Crippen LogP contribution in [0, 0.1) is 11.3 Å². The Morgan fingerprint density at radius 2 is 1.90 bits per heavy atom. The van der Waals surface area contributed by atoms with E-state index in [1.54, 1.807) is 6.92 Å². The largest absolute Gasteiger partial charge is 0.462 e. The first-order chi connectivity index (χ1) is 14.0. The molecule has 0 aliphatic carbocycles. The first-order valence-electron chi connectivity index (χ1n) is 8.65. The van der Waals surface area contributed by atoms with Gasteiger partial charge in [-0.2, -0.15) is 5.26 Å². The number of carbonyl (C=O) groups is 3. The average Bonchev–Trinajstić information content (AvgIpc) is 3.05. The van der Waals surface area contributed by atoms with E-state index in [1.165, 1.54) is 0 Å². The van der Waals surface area contributed by atoms with Crippen molar-refractivity contribution in [2.75, 3.05) is 18.9 Å². The van der Waals surface area contributed by atoms with E-state index in [0.29, 0.717) is 6.54 Å². The Balaban J connectivity index is 1.86. The molecule has 1 aromatic carbocycles. The summed E-state index contributed by atoms with van der Waals surface area (Å²) in [5.74, 6) is -1.38. The van der Waals surface area contributed by atoms with Gasteiger partial charge in [0.05, 0.1) is 12.2 Å². The lowest BCUT2D eigenvalue weighted by Crippen LogP contribution is -2.38. The Hall–Kier alpha value is -3.58. The zero-order chi connectivity index (χ0) is 21.2. The molecule has 2 aromatic rings. The second kappa shape index (κ2) is 10.7. The normalized spacial score (nSPS) is 9.93. The highest BCUT2D eigenvalue weighted by atomic mass is 32.1. The number of anilines is 1. The lowest BCUT2D eigenvalue weighted by molar-refractivity contribution is -0.143. The maximum atomic E-state index is 12.0. The van der Waals surface area contributed by atoms with E-state index in [0.717, 1.165) is 16.9 Å². The fraction of sp³-hybridized carbons (Fsp3) is 0.263. The van der Waals surface area contributed by atoms with Crippen molar-refractivity contribution in [3.05, 3.63) is 51.9 Å². The molecule has 9 nitrogen and oxygen atoms in total. The molecule has 10 heteroatoms. The second-order valence-corrected chi connectivity index (χ2v) is 6.72. The molecule has 0 spiro atoms. The predicted molar refractivity (Wildman–Crippen MR) is 106 cm³/mol. The van der Waals surface area contributed by atoms with Crippen LogP contribution >= 0.6 is 11.3 Å². The van der Waals surface area contributed by atoms with Gasteiger partial charge >= 0.3 is 18.0 Å². The number of thiophene rings is 1. The molecule has 1 heterocycles. The van der Waals surface area contributed by atoms with Gasteiger partial charge < -0.3 is 25.8 Å². The van der Waals surface area contributed by atoms with E-state index < -0.39 is 18.0 Å². The van der Waals surface area contributed by atoms with Crippen LogP contribution in [-0.2, 0) is 27.4 Å². The molecular formula is C19H20N4O5S. The van der Waals surface area contributed by atoms with E-state index >= 15 is 0 Å². The number of amides is 2. The molecule has 0 bridgehead atoms. The SMILES string of the molecule is CCOC(=O)c1sc(N)c(C#N)c1COC(=O)CNC(=O)NCc1ccccc1. The number of nitrogens with zero attached hydrogens (tertiary/aromatic N) is 1. The summed E-state index contributed by atoms with van der Waals surface area (Å²) in [5, 5.41) is 14.4. The summed E-state index contributed by atoms with van der Waals surface area (Å²) in [6.45, 7) is 1.39. The van der Waals surface area contributed by atoms with Gasteiger partial charge in [0.25, 0.3) is 0 Å². The van der Waals surface area contributed by atoms with Gasteiger partial charge in [0.1, 0.15) is 29.1 Å². The van der Waals surface area contributed by atoms with Crippen molar-refractivity contribution in [1.82, 2.24) is 10.6 Å². The highest BCUT2D eigenvalue weighted by Gasteiger charge is 2.23. The van der Waals surface area contributed by atoms with E-state index in [4.69, 9.17) is 15.2 Å². The fourth-order valence-corrected chi connectivity index (χ4v) is 3.22. The highest BCUT2D eigenvalue weighted by Crippen LogP contribution is 2.31. The van der Waals surface area contributed by atoms with Crippen molar-refractivity contribution in [3.8, 4) is 6.07 Å². The van der Waals surface area contributed by atoms with Gasteiger partial charge in [-0.3, -0.25) is 4.79 Å². The third-order valence-electron chi connectivity index (χ3n) is 3.67. The molecule has 0 aliphatic heterocycles. The summed E-state index contributed by atoms with van der Waals surface area (Å²) in [6, 6.07) is 10.6. The number of nitriles is 1. The number of esters is 2. The van der Waals surface area contributed by atoms with Crippen LogP contribution in [0.4, 0.5) is 9.80 Å². The lowest BCUT2D eigenvalue weighted by atomic mass is 10.1. The minimum atomic E-state index is -0.733. The fourth-order valence-electron chi connectivity index (χ4n) is 2.30. The zero-order valence-corrected chi connectivity index (χ0v) is 16.5. The molecule has 0 saturated heterocycles. The number of nitrogen functional groups attached to an aromatic ring is 1. The Kier molecular flexibility index (Phi) is 8.00. The number of benzene rings is 1. The van der Waals surface area contributed by atoms with Crippen molar-refractivity contribution < 1.29 is 23.9 Å². The van der Waals surface area contributed by atoms with Gasteiger partial charge in [-0.05, 0) is 12.5 Å². The second-order valence-electron chi connectivity index (χ2n) is 5.66. The number of hydrogen-bond donors (Lipinski definition) is 3. The zero-order valence-electron chi connectivity index (χ0n) is 15.7. The molecule has 0 radical (unpaired) electrons. The number of rotatable bonds is 8. The van der Waals surface area contributed by atoms with Gasteiger partial charge in [0.15, 0.2) is 0 Å². The molecule has 0 unspecified atom stereocenters. The lowest BCUT2D eigenvalue weighted by Gasteiger charge is -2.09. The Bertz CT molecular complexity index is 921. The molecule has 29 heavy (non-hydrogen) atoms. The highest BCUT2D eigenvalue weighted by molar-refractivity contribution is 7.18. The van der Waals surface area contributed by atoms with Gasteiger partial charge in [-0.15, -0.1) is 11.3 Å². The predicted octanol–water partition coefficient (Wildman–Crippen LogP) is 1.92. The topological polar surface area (TPSA) is 144 Å². The van der Waals surface area contributed by atoms with Crippen LogP contribution in [0.15, 0.2) is 30.3 Å². The number of nitrogens with one attached hydrogen (secondary N) is 2. The van der Waals surface area contributed by atoms with Gasteiger partial charge in [0, 0.05) is 12.1 Å². The summed E-state index contributed by atoms with van der Waals surface area (Å²) < 4.78 is 10.0. The molecule has 1 aromatic heterocycles. The summed E-state index contributed by atoms with van der Waals surface area (Å²) in [6.07, 6.45) is 0. The monoisotopic (exact) mass is 416 g/mol. The van der Waals surface area contributed by atoms with Crippen LogP contribution in [-0.4, -0.2) is 31.1 Å². The Labute approximate surface area is 171 Å². The Morgan fingerprint density at radius 3 is 2.55 bits per heavy atom. The molecule has 0 aliphatic rings. The number of nitrogens with two attached hydrogens (primary N) is 1. The van der Waals surface area contributed by atoms with Crippen LogP contribution in [0.1, 0.15) is 33.3 Å². The van der Waals surface area contributed by atoms with Gasteiger partial charge in [-0.25, -0.2) is 9.59 Å². The van der Waals surface area contributed by atoms with Crippen molar-refractivity contribution >= 4 is 34.3 Å². The third kappa shape index (κ3) is 6.22. The number of urea groups is 1. The number of ether oxygens (including phenoxy) is 2. The maximum absolute atomic E-state index is 12.0. The van der Waals surface area contributed by atoms with Crippen molar-refractivity contribution in [2.24, 2.45) is 0 Å². The number of hydrogen-bond acceptors (Lipinski definition) is 8. The molecule has 152 valence electrons. The summed E-state index contributed by atoms with van der Waals surface area (Å²) in [7, 11) is 0. The average molecular weight is 416 g/mol. The van der Waals surface area contributed by atoms with Gasteiger partial charge in [0.2, 0.25) is 0 Å². The molecule has 4 N–H and O–H groups in total. The van der Waals surface area contributed by atoms with Crippen molar-refractivity contribution in [2.45, 2.75) is 20.1 Å². The van der Waals surface area contributed by atoms with E-state index in [-0.39, 0.29) is 40.8 Å². The maximum Gasteiger partial charge on any atom is 0.348 e. The van der Waals surface area contributed by atoms with E-state index in [1.807, 2.05) is 36.4 Å².